The third-order valence-electron chi connectivity index (χ3n) is 3.97. The zero-order valence-corrected chi connectivity index (χ0v) is 15.7. The molecule has 0 aliphatic heterocycles. The first-order chi connectivity index (χ1) is 10.1. The first-order valence-corrected chi connectivity index (χ1v) is 9.12. The first kappa shape index (κ1) is 17.0. The van der Waals surface area contributed by atoms with Gasteiger partial charge in [0.1, 0.15) is 10.6 Å². The number of hydrogen-bond donors (Lipinski definition) is 0. The Balaban J connectivity index is 2.53. The van der Waals surface area contributed by atoms with Gasteiger partial charge in [-0.15, -0.1) is 0 Å². The van der Waals surface area contributed by atoms with Gasteiger partial charge in [-0.3, -0.25) is 0 Å². The smallest absolute Gasteiger partial charge is 0.339 e. The minimum Gasteiger partial charge on any atom is -0.378 e. The van der Waals surface area contributed by atoms with E-state index in [1.807, 2.05) is 34.6 Å². The second-order valence-electron chi connectivity index (χ2n) is 5.49. The lowest BCUT2D eigenvalue weighted by atomic mass is 10.00. The lowest BCUT2D eigenvalue weighted by Crippen LogP contribution is -2.12. The molecule has 0 saturated heterocycles. The molecular formula is C17H19BrO3S. The molecule has 0 bridgehead atoms. The first-order valence-electron chi connectivity index (χ1n) is 6.92. The molecule has 0 fully saturated rings. The Hall–Kier alpha value is -1.33. The van der Waals surface area contributed by atoms with Crippen LogP contribution in [-0.2, 0) is 10.1 Å². The average Bonchev–Trinajstić information content (AvgIpc) is 2.48. The minimum atomic E-state index is -3.84. The van der Waals surface area contributed by atoms with Crippen molar-refractivity contribution >= 4 is 26.0 Å². The van der Waals surface area contributed by atoms with E-state index in [2.05, 4.69) is 15.9 Å². The van der Waals surface area contributed by atoms with Crippen LogP contribution in [0.3, 0.4) is 0 Å². The maximum absolute atomic E-state index is 12.5. The van der Waals surface area contributed by atoms with Gasteiger partial charge in [0.25, 0.3) is 0 Å². The van der Waals surface area contributed by atoms with Crippen molar-refractivity contribution in [1.82, 2.24) is 0 Å². The third-order valence-corrected chi connectivity index (χ3v) is 6.39. The van der Waals surface area contributed by atoms with Gasteiger partial charge in [0.15, 0.2) is 0 Å². The molecule has 2 aromatic carbocycles. The zero-order chi connectivity index (χ0) is 16.7. The summed E-state index contributed by atoms with van der Waals surface area (Å²) in [6, 6.07) is 6.63. The molecule has 0 atom stereocenters. The van der Waals surface area contributed by atoms with Crippen molar-refractivity contribution in [1.29, 1.82) is 0 Å². The molecule has 5 heteroatoms. The highest BCUT2D eigenvalue weighted by atomic mass is 79.9. The molecule has 0 N–H and O–H groups in total. The van der Waals surface area contributed by atoms with Crippen molar-refractivity contribution in [2.75, 3.05) is 0 Å². The summed E-state index contributed by atoms with van der Waals surface area (Å²) in [5.74, 6) is 0.399. The molecule has 2 aromatic rings. The Morgan fingerprint density at radius 1 is 0.818 bits per heavy atom. The summed E-state index contributed by atoms with van der Waals surface area (Å²) in [7, 11) is -3.84. The summed E-state index contributed by atoms with van der Waals surface area (Å²) >= 11 is 3.51. The monoisotopic (exact) mass is 382 g/mol. The van der Waals surface area contributed by atoms with E-state index >= 15 is 0 Å². The summed E-state index contributed by atoms with van der Waals surface area (Å²) in [6.45, 7) is 9.59. The number of halogens is 1. The fourth-order valence-electron chi connectivity index (χ4n) is 2.27. The lowest BCUT2D eigenvalue weighted by molar-refractivity contribution is 0.481. The van der Waals surface area contributed by atoms with Crippen LogP contribution in [0.4, 0.5) is 0 Å². The fourth-order valence-corrected chi connectivity index (χ4v) is 3.78. The van der Waals surface area contributed by atoms with Crippen molar-refractivity contribution in [3.8, 4) is 5.75 Å². The van der Waals surface area contributed by atoms with Crippen LogP contribution in [0.2, 0.25) is 0 Å². The van der Waals surface area contributed by atoms with Crippen molar-refractivity contribution in [3.05, 3.63) is 56.6 Å². The quantitative estimate of drug-likeness (QED) is 0.718. The molecule has 0 unspecified atom stereocenters. The van der Waals surface area contributed by atoms with E-state index in [1.54, 1.807) is 24.3 Å². The van der Waals surface area contributed by atoms with E-state index in [0.29, 0.717) is 5.75 Å². The summed E-state index contributed by atoms with van der Waals surface area (Å²) < 4.78 is 31.3. The molecule has 0 aliphatic carbocycles. The van der Waals surface area contributed by atoms with E-state index in [-0.39, 0.29) is 4.90 Å². The number of benzene rings is 2. The van der Waals surface area contributed by atoms with Crippen LogP contribution in [0.5, 0.6) is 5.75 Å². The van der Waals surface area contributed by atoms with Gasteiger partial charge >= 0.3 is 10.1 Å². The number of aryl methyl sites for hydroxylation is 1. The number of hydrogen-bond acceptors (Lipinski definition) is 3. The van der Waals surface area contributed by atoms with Crippen molar-refractivity contribution in [2.45, 2.75) is 39.5 Å². The maximum Gasteiger partial charge on any atom is 0.339 e. The Morgan fingerprint density at radius 3 is 1.91 bits per heavy atom. The van der Waals surface area contributed by atoms with Crippen LogP contribution in [0.15, 0.2) is 33.6 Å². The summed E-state index contributed by atoms with van der Waals surface area (Å²) in [5, 5.41) is 0. The molecule has 0 amide bonds. The molecule has 0 aliphatic rings. The maximum atomic E-state index is 12.5. The van der Waals surface area contributed by atoms with Gasteiger partial charge in [0.05, 0.1) is 0 Å². The largest absolute Gasteiger partial charge is 0.378 e. The summed E-state index contributed by atoms with van der Waals surface area (Å²) in [5.41, 5.74) is 4.74. The van der Waals surface area contributed by atoms with Gasteiger partial charge in [-0.25, -0.2) is 0 Å². The molecular weight excluding hydrogens is 364 g/mol. The molecule has 22 heavy (non-hydrogen) atoms. The van der Waals surface area contributed by atoms with Gasteiger partial charge in [-0.2, -0.15) is 8.42 Å². The highest BCUT2D eigenvalue weighted by molar-refractivity contribution is 9.10. The van der Waals surface area contributed by atoms with Crippen LogP contribution < -0.4 is 4.18 Å². The number of rotatable bonds is 3. The van der Waals surface area contributed by atoms with Gasteiger partial charge < -0.3 is 4.18 Å². The summed E-state index contributed by atoms with van der Waals surface area (Å²) in [4.78, 5) is 0.159. The minimum absolute atomic E-state index is 0.159. The highest BCUT2D eigenvalue weighted by Gasteiger charge is 2.22. The Morgan fingerprint density at radius 2 is 1.36 bits per heavy atom. The Kier molecular flexibility index (Phi) is 4.68. The molecule has 2 rings (SSSR count). The van der Waals surface area contributed by atoms with Crippen LogP contribution in [0.1, 0.15) is 27.8 Å². The molecule has 0 aromatic heterocycles. The molecule has 0 radical (unpaired) electrons. The van der Waals surface area contributed by atoms with E-state index in [4.69, 9.17) is 4.18 Å². The Labute approximate surface area is 140 Å². The topological polar surface area (TPSA) is 43.4 Å². The average molecular weight is 383 g/mol. The van der Waals surface area contributed by atoms with E-state index in [1.165, 1.54) is 0 Å². The van der Waals surface area contributed by atoms with Crippen molar-refractivity contribution in [2.24, 2.45) is 0 Å². The van der Waals surface area contributed by atoms with E-state index in [9.17, 15) is 8.42 Å². The second-order valence-corrected chi connectivity index (χ2v) is 7.83. The van der Waals surface area contributed by atoms with E-state index in [0.717, 1.165) is 32.3 Å². The van der Waals surface area contributed by atoms with Gasteiger partial charge in [-0.1, -0.05) is 33.6 Å². The predicted molar refractivity (Wildman–Crippen MR) is 92.1 cm³/mol. The van der Waals surface area contributed by atoms with Crippen LogP contribution in [-0.4, -0.2) is 8.42 Å². The third kappa shape index (κ3) is 3.06. The molecule has 0 saturated carbocycles. The SMILES string of the molecule is Cc1ccc(S(=O)(=O)Oc2c(C)c(C)c(C)c(Br)c2C)cc1. The standard InChI is InChI=1S/C17H19BrO3S/c1-10-6-8-15(9-7-10)22(19,20)21-17-13(4)11(2)12(3)16(18)14(17)5/h6-9H,1-5H3. The molecule has 3 nitrogen and oxygen atoms in total. The van der Waals surface area contributed by atoms with Gasteiger partial charge in [0, 0.05) is 10.0 Å². The second kappa shape index (κ2) is 6.05. The van der Waals surface area contributed by atoms with Crippen LogP contribution in [0.25, 0.3) is 0 Å². The molecule has 0 spiro atoms. The normalized spacial score (nSPS) is 11.5. The van der Waals surface area contributed by atoms with Crippen molar-refractivity contribution in [3.63, 3.8) is 0 Å². The van der Waals surface area contributed by atoms with Crippen LogP contribution >= 0.6 is 15.9 Å². The van der Waals surface area contributed by atoms with Crippen LogP contribution in [0, 0.1) is 34.6 Å². The summed E-state index contributed by atoms with van der Waals surface area (Å²) in [6.07, 6.45) is 0. The van der Waals surface area contributed by atoms with Gasteiger partial charge in [0.2, 0.25) is 0 Å². The highest BCUT2D eigenvalue weighted by Crippen LogP contribution is 2.37. The Bertz CT molecular complexity index is 793. The zero-order valence-electron chi connectivity index (χ0n) is 13.3. The lowest BCUT2D eigenvalue weighted by Gasteiger charge is -2.17. The van der Waals surface area contributed by atoms with Gasteiger partial charge in [-0.05, 0) is 63.4 Å². The fraction of sp³-hybridized carbons (Fsp3) is 0.294. The van der Waals surface area contributed by atoms with E-state index < -0.39 is 10.1 Å². The van der Waals surface area contributed by atoms with Crippen molar-refractivity contribution < 1.29 is 12.6 Å². The predicted octanol–water partition coefficient (Wildman–Crippen LogP) is 4.76. The molecule has 118 valence electrons. The molecule has 0 heterocycles.